The van der Waals surface area contributed by atoms with E-state index >= 15 is 0 Å². The summed E-state index contributed by atoms with van der Waals surface area (Å²) in [6.07, 6.45) is 0. The topological polar surface area (TPSA) is 32.3 Å². The molecule has 0 saturated heterocycles. The van der Waals surface area contributed by atoms with E-state index in [9.17, 15) is 0 Å². The molecule has 0 aliphatic carbocycles. The minimum Gasteiger partial charge on any atom is -0.395 e. The van der Waals surface area contributed by atoms with Gasteiger partial charge in [-0.3, -0.25) is 0 Å². The lowest BCUT2D eigenvalue weighted by molar-refractivity contribution is 0.311. The van der Waals surface area contributed by atoms with E-state index in [0.717, 1.165) is 13.7 Å². The van der Waals surface area contributed by atoms with Gasteiger partial charge in [0, 0.05) is 20.3 Å². The summed E-state index contributed by atoms with van der Waals surface area (Å²) >= 11 is 5.63. The van der Waals surface area contributed by atoms with Crippen LogP contribution >= 0.6 is 38.5 Å². The molecule has 1 aromatic carbocycles. The maximum Gasteiger partial charge on any atom is 0.0604 e. The predicted molar refractivity (Wildman–Crippen MR) is 62.4 cm³/mol. The fourth-order valence-electron chi connectivity index (χ4n) is 0.824. The summed E-state index contributed by atoms with van der Waals surface area (Å²) < 4.78 is 2.20. The van der Waals surface area contributed by atoms with E-state index in [-0.39, 0.29) is 6.61 Å². The van der Waals surface area contributed by atoms with Crippen LogP contribution in [0.2, 0.25) is 0 Å². The van der Waals surface area contributed by atoms with Gasteiger partial charge >= 0.3 is 0 Å². The van der Waals surface area contributed by atoms with Gasteiger partial charge in [0.15, 0.2) is 0 Å². The highest BCUT2D eigenvalue weighted by molar-refractivity contribution is 14.1. The van der Waals surface area contributed by atoms with Gasteiger partial charge in [-0.25, -0.2) is 0 Å². The van der Waals surface area contributed by atoms with Crippen molar-refractivity contribution in [3.8, 4) is 0 Å². The van der Waals surface area contributed by atoms with Gasteiger partial charge in [0.1, 0.15) is 0 Å². The fourth-order valence-corrected chi connectivity index (χ4v) is 1.71. The Morgan fingerprint density at radius 2 is 2.25 bits per heavy atom. The van der Waals surface area contributed by atoms with E-state index in [4.69, 9.17) is 5.11 Å². The fraction of sp³-hybridized carbons (Fsp3) is 0.250. The first-order chi connectivity index (χ1) is 5.74. The van der Waals surface area contributed by atoms with Crippen molar-refractivity contribution in [1.29, 1.82) is 0 Å². The van der Waals surface area contributed by atoms with Gasteiger partial charge in [-0.1, -0.05) is 15.9 Å². The zero-order valence-electron chi connectivity index (χ0n) is 6.35. The Morgan fingerprint density at radius 1 is 1.50 bits per heavy atom. The molecule has 0 saturated carbocycles. The van der Waals surface area contributed by atoms with E-state index in [1.807, 2.05) is 18.2 Å². The van der Waals surface area contributed by atoms with Crippen LogP contribution in [0.1, 0.15) is 0 Å². The summed E-state index contributed by atoms with van der Waals surface area (Å²) in [4.78, 5) is 0. The molecule has 0 bridgehead atoms. The minimum absolute atomic E-state index is 0.155. The molecule has 2 nitrogen and oxygen atoms in total. The number of aliphatic hydroxyl groups is 1. The van der Waals surface area contributed by atoms with Crippen LogP contribution in [-0.2, 0) is 0 Å². The lowest BCUT2D eigenvalue weighted by atomic mass is 10.3. The first kappa shape index (κ1) is 10.3. The van der Waals surface area contributed by atoms with Gasteiger partial charge in [-0.2, -0.15) is 0 Å². The summed E-state index contributed by atoms with van der Waals surface area (Å²) in [6.45, 7) is 0.745. The number of nitrogens with one attached hydrogen (secondary N) is 1. The third kappa shape index (κ3) is 2.91. The van der Waals surface area contributed by atoms with Crippen molar-refractivity contribution < 1.29 is 5.11 Å². The van der Waals surface area contributed by atoms with Crippen LogP contribution in [0.4, 0.5) is 5.69 Å². The van der Waals surface area contributed by atoms with Crippen molar-refractivity contribution in [2.45, 2.75) is 0 Å². The number of halogens is 2. The minimum atomic E-state index is 0.155. The molecular weight excluding hydrogens is 333 g/mol. The monoisotopic (exact) mass is 341 g/mol. The van der Waals surface area contributed by atoms with Crippen molar-refractivity contribution in [2.24, 2.45) is 0 Å². The summed E-state index contributed by atoms with van der Waals surface area (Å²) in [6, 6.07) is 6.01. The molecule has 2 N–H and O–H groups in total. The van der Waals surface area contributed by atoms with Crippen LogP contribution in [0.25, 0.3) is 0 Å². The number of aliphatic hydroxyl groups excluding tert-OH is 1. The maximum atomic E-state index is 8.61. The summed E-state index contributed by atoms with van der Waals surface area (Å²) in [7, 11) is 0. The van der Waals surface area contributed by atoms with Crippen LogP contribution in [-0.4, -0.2) is 18.3 Å². The molecule has 0 amide bonds. The first-order valence-corrected chi connectivity index (χ1v) is 5.41. The van der Waals surface area contributed by atoms with Gasteiger partial charge < -0.3 is 10.4 Å². The largest absolute Gasteiger partial charge is 0.395 e. The van der Waals surface area contributed by atoms with Crippen molar-refractivity contribution in [1.82, 2.24) is 0 Å². The summed E-state index contributed by atoms with van der Waals surface area (Å²) in [5.41, 5.74) is 1.05. The van der Waals surface area contributed by atoms with Gasteiger partial charge in [-0.05, 0) is 40.8 Å². The normalized spacial score (nSPS) is 9.92. The van der Waals surface area contributed by atoms with E-state index in [1.165, 1.54) is 0 Å². The number of rotatable bonds is 3. The Balaban J connectivity index is 2.75. The molecule has 0 spiro atoms. The van der Waals surface area contributed by atoms with Crippen molar-refractivity contribution in [3.05, 3.63) is 26.2 Å². The lowest BCUT2D eigenvalue weighted by Gasteiger charge is -2.06. The van der Waals surface area contributed by atoms with E-state index in [0.29, 0.717) is 6.54 Å². The second-order valence-corrected chi connectivity index (χ2v) is 4.35. The predicted octanol–water partition coefficient (Wildman–Crippen LogP) is 2.46. The van der Waals surface area contributed by atoms with Crippen LogP contribution < -0.4 is 5.32 Å². The van der Waals surface area contributed by atoms with Gasteiger partial charge in [0.2, 0.25) is 0 Å². The zero-order valence-corrected chi connectivity index (χ0v) is 10.1. The summed E-state index contributed by atoms with van der Waals surface area (Å²) in [5.74, 6) is 0. The Kier molecular flexibility index (Phi) is 4.31. The molecule has 4 heteroatoms. The molecule has 0 unspecified atom stereocenters. The Morgan fingerprint density at radius 3 is 2.92 bits per heavy atom. The highest BCUT2D eigenvalue weighted by Gasteiger charge is 1.98. The smallest absolute Gasteiger partial charge is 0.0604 e. The van der Waals surface area contributed by atoms with Crippen molar-refractivity contribution in [2.75, 3.05) is 18.5 Å². The number of benzene rings is 1. The molecule has 0 aliphatic heterocycles. The van der Waals surface area contributed by atoms with Crippen LogP contribution in [0, 0.1) is 3.57 Å². The quantitative estimate of drug-likeness (QED) is 0.828. The number of hydrogen-bond donors (Lipinski definition) is 2. The first-order valence-electron chi connectivity index (χ1n) is 3.54. The molecule has 0 atom stereocenters. The molecule has 0 aromatic heterocycles. The van der Waals surface area contributed by atoms with Gasteiger partial charge in [0.25, 0.3) is 0 Å². The highest BCUT2D eigenvalue weighted by atomic mass is 127. The van der Waals surface area contributed by atoms with Crippen LogP contribution in [0.15, 0.2) is 22.7 Å². The average molecular weight is 342 g/mol. The second kappa shape index (κ2) is 5.04. The molecule has 66 valence electrons. The standard InChI is InChI=1S/C8H9BrINO/c9-6-1-2-7(10)8(5-6)11-3-4-12/h1-2,5,11-12H,3-4H2. The second-order valence-electron chi connectivity index (χ2n) is 2.27. The number of hydrogen-bond acceptors (Lipinski definition) is 2. The van der Waals surface area contributed by atoms with Crippen LogP contribution in [0.3, 0.4) is 0 Å². The third-order valence-electron chi connectivity index (χ3n) is 1.36. The Bertz CT molecular complexity index is 267. The number of anilines is 1. The summed E-state index contributed by atoms with van der Waals surface area (Å²) in [5, 5.41) is 11.7. The zero-order chi connectivity index (χ0) is 8.97. The van der Waals surface area contributed by atoms with Crippen molar-refractivity contribution >= 4 is 44.2 Å². The average Bonchev–Trinajstić information content (AvgIpc) is 2.07. The molecular formula is C8H9BrINO. The molecule has 12 heavy (non-hydrogen) atoms. The lowest BCUT2D eigenvalue weighted by Crippen LogP contribution is -2.06. The van der Waals surface area contributed by atoms with Crippen LogP contribution in [0.5, 0.6) is 0 Å². The third-order valence-corrected chi connectivity index (χ3v) is 2.79. The molecule has 0 radical (unpaired) electrons. The highest BCUT2D eigenvalue weighted by Crippen LogP contribution is 2.22. The molecule has 1 aromatic rings. The van der Waals surface area contributed by atoms with Gasteiger partial charge in [0.05, 0.1) is 6.61 Å². The Hall–Kier alpha value is 0.190. The molecule has 0 fully saturated rings. The van der Waals surface area contributed by atoms with Crippen molar-refractivity contribution in [3.63, 3.8) is 0 Å². The van der Waals surface area contributed by atoms with E-state index in [1.54, 1.807) is 0 Å². The Labute approximate surface area is 93.6 Å². The SMILES string of the molecule is OCCNc1cc(Br)ccc1I. The maximum absolute atomic E-state index is 8.61. The molecule has 0 aliphatic rings. The van der Waals surface area contributed by atoms with E-state index < -0.39 is 0 Å². The molecule has 0 heterocycles. The molecule has 1 rings (SSSR count). The van der Waals surface area contributed by atoms with E-state index in [2.05, 4.69) is 43.8 Å². The van der Waals surface area contributed by atoms with Gasteiger partial charge in [-0.15, -0.1) is 0 Å².